The first-order chi connectivity index (χ1) is 9.27. The average molecular weight is 268 g/mol. The Kier molecular flexibility index (Phi) is 8.02. The van der Waals surface area contributed by atoms with E-state index in [1.165, 1.54) is 32.1 Å². The number of esters is 1. The molecule has 1 saturated carbocycles. The van der Waals surface area contributed by atoms with Gasteiger partial charge in [0.25, 0.3) is 0 Å². The van der Waals surface area contributed by atoms with E-state index in [9.17, 15) is 4.79 Å². The van der Waals surface area contributed by atoms with Gasteiger partial charge in [-0.3, -0.25) is 4.79 Å². The zero-order chi connectivity index (χ0) is 13.9. The van der Waals surface area contributed by atoms with Crippen LogP contribution >= 0.6 is 0 Å². The normalized spacial score (nSPS) is 17.5. The van der Waals surface area contributed by atoms with Crippen molar-refractivity contribution in [1.29, 1.82) is 0 Å². The Hall–Kier alpha value is -1.26. The summed E-state index contributed by atoms with van der Waals surface area (Å²) in [7, 11) is 0. The highest BCUT2D eigenvalue weighted by molar-refractivity contribution is 5.75. The van der Waals surface area contributed by atoms with Crippen LogP contribution < -0.4 is 5.32 Å². The van der Waals surface area contributed by atoms with Gasteiger partial charge < -0.3 is 10.1 Å². The quantitative estimate of drug-likeness (QED) is 0.241. The van der Waals surface area contributed by atoms with E-state index in [1.807, 2.05) is 6.92 Å². The Bertz CT molecular complexity index is 310. The molecule has 0 bridgehead atoms. The minimum Gasteiger partial charge on any atom is -0.465 e. The Balaban J connectivity index is 2.42. The average Bonchev–Trinajstić information content (AvgIpc) is 2.43. The van der Waals surface area contributed by atoms with Gasteiger partial charge in [0.2, 0.25) is 0 Å². The monoisotopic (exact) mass is 268 g/mol. The molecule has 1 fully saturated rings. The summed E-state index contributed by atoms with van der Waals surface area (Å²) < 4.78 is 5.10. The molecule has 0 aliphatic heterocycles. The molecule has 108 valence electrons. The zero-order valence-electron chi connectivity index (χ0n) is 11.7. The summed E-state index contributed by atoms with van der Waals surface area (Å²) in [6, 6.07) is -0.267. The minimum absolute atomic E-state index is 0.186. The number of rotatable bonds is 8. The fraction of sp³-hybridized carbons (Fsp3) is 0.923. The summed E-state index contributed by atoms with van der Waals surface area (Å²) in [6.45, 7) is 3.09. The van der Waals surface area contributed by atoms with Gasteiger partial charge in [-0.2, -0.15) is 0 Å². The summed E-state index contributed by atoms with van der Waals surface area (Å²) in [5, 5.41) is 6.61. The third-order valence-electron chi connectivity index (χ3n) is 3.53. The maximum atomic E-state index is 11.9. The highest BCUT2D eigenvalue weighted by Gasteiger charge is 2.24. The van der Waals surface area contributed by atoms with Gasteiger partial charge in [-0.15, -0.1) is 0 Å². The van der Waals surface area contributed by atoms with Crippen LogP contribution in [-0.2, 0) is 9.53 Å². The predicted octanol–water partition coefficient (Wildman–Crippen LogP) is 2.79. The maximum absolute atomic E-state index is 11.9. The molecule has 0 amide bonds. The fourth-order valence-corrected chi connectivity index (χ4v) is 2.60. The van der Waals surface area contributed by atoms with Crippen LogP contribution in [0, 0.1) is 5.92 Å². The lowest BCUT2D eigenvalue weighted by Crippen LogP contribution is -2.41. The van der Waals surface area contributed by atoms with Crippen LogP contribution in [0.3, 0.4) is 0 Å². The molecule has 1 aliphatic carbocycles. The number of ether oxygens (including phenoxy) is 1. The van der Waals surface area contributed by atoms with Gasteiger partial charge in [-0.25, -0.2) is 0 Å². The van der Waals surface area contributed by atoms with Gasteiger partial charge in [0.1, 0.15) is 6.04 Å². The standard InChI is InChI=1S/C13H24N4O2/c1-2-19-13(18)12(15-8-9-16-17-14)10-11-6-4-3-5-7-11/h11-12,15H,2-10H2,1H3. The van der Waals surface area contributed by atoms with Crippen LogP contribution in [0.25, 0.3) is 10.4 Å². The summed E-state index contributed by atoms with van der Waals surface area (Å²) >= 11 is 0. The van der Waals surface area contributed by atoms with Crippen molar-refractivity contribution in [2.75, 3.05) is 19.7 Å². The summed E-state index contributed by atoms with van der Waals surface area (Å²) in [6.07, 6.45) is 7.07. The van der Waals surface area contributed by atoms with Crippen LogP contribution in [0.4, 0.5) is 0 Å². The van der Waals surface area contributed by atoms with E-state index >= 15 is 0 Å². The molecule has 0 heterocycles. The largest absolute Gasteiger partial charge is 0.465 e. The summed E-state index contributed by atoms with van der Waals surface area (Å²) in [5.74, 6) is 0.420. The van der Waals surface area contributed by atoms with Gasteiger partial charge in [0.15, 0.2) is 0 Å². The van der Waals surface area contributed by atoms with Crippen molar-refractivity contribution in [3.8, 4) is 0 Å². The molecular formula is C13H24N4O2. The van der Waals surface area contributed by atoms with E-state index < -0.39 is 0 Å². The van der Waals surface area contributed by atoms with E-state index in [2.05, 4.69) is 15.3 Å². The van der Waals surface area contributed by atoms with E-state index in [0.29, 0.717) is 25.6 Å². The first-order valence-electron chi connectivity index (χ1n) is 7.18. The van der Waals surface area contributed by atoms with Crippen LogP contribution in [0.1, 0.15) is 45.4 Å². The molecular weight excluding hydrogens is 244 g/mol. The number of nitrogens with zero attached hydrogens (tertiary/aromatic N) is 3. The maximum Gasteiger partial charge on any atom is 0.323 e. The van der Waals surface area contributed by atoms with Gasteiger partial charge in [-0.1, -0.05) is 37.2 Å². The Labute approximate surface area is 114 Å². The van der Waals surface area contributed by atoms with Crippen molar-refractivity contribution in [3.63, 3.8) is 0 Å². The second kappa shape index (κ2) is 9.64. The lowest BCUT2D eigenvalue weighted by Gasteiger charge is -2.26. The van der Waals surface area contributed by atoms with E-state index in [0.717, 1.165) is 6.42 Å². The van der Waals surface area contributed by atoms with Gasteiger partial charge in [0, 0.05) is 18.0 Å². The van der Waals surface area contributed by atoms with Crippen LogP contribution in [0.15, 0.2) is 5.11 Å². The molecule has 1 unspecified atom stereocenters. The molecule has 0 aromatic carbocycles. The van der Waals surface area contributed by atoms with E-state index in [4.69, 9.17) is 10.3 Å². The number of hydrogen-bond donors (Lipinski definition) is 1. The molecule has 1 atom stereocenters. The molecule has 0 spiro atoms. The minimum atomic E-state index is -0.267. The number of azide groups is 1. The van der Waals surface area contributed by atoms with Crippen LogP contribution in [0.2, 0.25) is 0 Å². The van der Waals surface area contributed by atoms with Gasteiger partial charge in [0.05, 0.1) is 6.61 Å². The predicted molar refractivity (Wildman–Crippen MR) is 73.6 cm³/mol. The van der Waals surface area contributed by atoms with Gasteiger partial charge in [-0.05, 0) is 24.8 Å². The number of carbonyl (C=O) groups excluding carboxylic acids is 1. The molecule has 1 rings (SSSR count). The highest BCUT2D eigenvalue weighted by atomic mass is 16.5. The molecule has 0 aromatic heterocycles. The van der Waals surface area contributed by atoms with Gasteiger partial charge >= 0.3 is 5.97 Å². The summed E-state index contributed by atoms with van der Waals surface area (Å²) in [4.78, 5) is 14.6. The number of carbonyl (C=O) groups is 1. The lowest BCUT2D eigenvalue weighted by atomic mass is 9.85. The second-order valence-corrected chi connectivity index (χ2v) is 4.95. The third-order valence-corrected chi connectivity index (χ3v) is 3.53. The Morgan fingerprint density at radius 3 is 2.84 bits per heavy atom. The molecule has 1 N–H and O–H groups in total. The number of nitrogens with one attached hydrogen (secondary N) is 1. The third kappa shape index (κ3) is 6.45. The molecule has 1 aliphatic rings. The lowest BCUT2D eigenvalue weighted by molar-refractivity contribution is -0.146. The van der Waals surface area contributed by atoms with Crippen LogP contribution in [-0.4, -0.2) is 31.7 Å². The molecule has 6 heteroatoms. The van der Waals surface area contributed by atoms with Crippen molar-refractivity contribution in [3.05, 3.63) is 10.4 Å². The smallest absolute Gasteiger partial charge is 0.323 e. The molecule has 6 nitrogen and oxygen atoms in total. The molecule has 0 saturated heterocycles. The SMILES string of the molecule is CCOC(=O)C(CC1CCCCC1)NCCN=[N+]=[N-]. The first kappa shape index (κ1) is 15.8. The van der Waals surface area contributed by atoms with Crippen molar-refractivity contribution in [2.45, 2.75) is 51.5 Å². The Morgan fingerprint density at radius 1 is 1.47 bits per heavy atom. The fourth-order valence-electron chi connectivity index (χ4n) is 2.60. The second-order valence-electron chi connectivity index (χ2n) is 4.95. The van der Waals surface area contributed by atoms with Crippen LogP contribution in [0.5, 0.6) is 0 Å². The number of hydrogen-bond acceptors (Lipinski definition) is 4. The Morgan fingerprint density at radius 2 is 2.21 bits per heavy atom. The summed E-state index contributed by atoms with van der Waals surface area (Å²) in [5.41, 5.74) is 8.22. The highest BCUT2D eigenvalue weighted by Crippen LogP contribution is 2.27. The molecule has 19 heavy (non-hydrogen) atoms. The first-order valence-corrected chi connectivity index (χ1v) is 7.18. The van der Waals surface area contributed by atoms with Crippen molar-refractivity contribution < 1.29 is 9.53 Å². The molecule has 0 radical (unpaired) electrons. The molecule has 0 aromatic rings. The van der Waals surface area contributed by atoms with E-state index in [-0.39, 0.29) is 12.0 Å². The van der Waals surface area contributed by atoms with Crippen molar-refractivity contribution in [2.24, 2.45) is 11.0 Å². The topological polar surface area (TPSA) is 87.1 Å². The van der Waals surface area contributed by atoms with Crippen molar-refractivity contribution in [1.82, 2.24) is 5.32 Å². The van der Waals surface area contributed by atoms with E-state index in [1.54, 1.807) is 0 Å². The zero-order valence-corrected chi connectivity index (χ0v) is 11.7. The van der Waals surface area contributed by atoms with Crippen molar-refractivity contribution >= 4 is 5.97 Å².